The highest BCUT2D eigenvalue weighted by Gasteiger charge is 2.05. The van der Waals surface area contributed by atoms with Crippen LogP contribution in [0.15, 0.2) is 60.8 Å². The average Bonchev–Trinajstić information content (AvgIpc) is 2.86. The molecule has 2 aromatic carbocycles. The molecule has 0 N–H and O–H groups in total. The number of hydrogen-bond donors (Lipinski definition) is 0. The van der Waals surface area contributed by atoms with Crippen molar-refractivity contribution in [2.45, 2.75) is 0 Å². The fourth-order valence-electron chi connectivity index (χ4n) is 2.13. The van der Waals surface area contributed by atoms with Crippen LogP contribution in [0.4, 0.5) is 0 Å². The van der Waals surface area contributed by atoms with E-state index in [9.17, 15) is 4.79 Å². The molecule has 2 nitrogen and oxygen atoms in total. The highest BCUT2D eigenvalue weighted by molar-refractivity contribution is 5.91. The van der Waals surface area contributed by atoms with Gasteiger partial charge in [-0.3, -0.25) is 4.79 Å². The Labute approximate surface area is 99.1 Å². The third kappa shape index (κ3) is 1.54. The van der Waals surface area contributed by atoms with E-state index in [0.717, 1.165) is 17.4 Å². The number of carbonyl (C=O) groups excluding carboxylic acids is 1. The van der Waals surface area contributed by atoms with Crippen molar-refractivity contribution < 1.29 is 4.79 Å². The molecule has 0 aliphatic rings. The molecule has 0 atom stereocenters. The Kier molecular flexibility index (Phi) is 2.26. The Hall–Kier alpha value is -2.35. The normalized spacial score (nSPS) is 10.6. The Bertz CT molecular complexity index is 677. The van der Waals surface area contributed by atoms with Crippen LogP contribution in [0.2, 0.25) is 0 Å². The Morgan fingerprint density at radius 1 is 0.882 bits per heavy atom. The van der Waals surface area contributed by atoms with Crippen LogP contribution in [0, 0.1) is 0 Å². The molecule has 82 valence electrons. The van der Waals surface area contributed by atoms with Gasteiger partial charge in [0, 0.05) is 11.6 Å². The zero-order valence-electron chi connectivity index (χ0n) is 9.21. The van der Waals surface area contributed by atoms with E-state index in [0.29, 0.717) is 5.69 Å². The summed E-state index contributed by atoms with van der Waals surface area (Å²) in [4.78, 5) is 11.0. The number of aldehydes is 1. The Balaban J connectivity index is 2.34. The minimum Gasteiger partial charge on any atom is -0.314 e. The summed E-state index contributed by atoms with van der Waals surface area (Å²) in [6, 6.07) is 18.0. The summed E-state index contributed by atoms with van der Waals surface area (Å²) >= 11 is 0. The number of carbonyl (C=O) groups is 1. The number of nitrogens with zero attached hydrogens (tertiary/aromatic N) is 1. The molecule has 0 fully saturated rings. The van der Waals surface area contributed by atoms with Gasteiger partial charge in [0.15, 0.2) is 6.29 Å². The second kappa shape index (κ2) is 3.91. The first kappa shape index (κ1) is 9.85. The van der Waals surface area contributed by atoms with Gasteiger partial charge in [0.25, 0.3) is 0 Å². The molecule has 3 aromatic rings. The summed E-state index contributed by atoms with van der Waals surface area (Å²) in [5, 5.41) is 2.32. The average molecular weight is 221 g/mol. The summed E-state index contributed by atoms with van der Waals surface area (Å²) in [5.74, 6) is 0. The predicted molar refractivity (Wildman–Crippen MR) is 68.7 cm³/mol. The minimum atomic E-state index is 0.668. The van der Waals surface area contributed by atoms with Crippen LogP contribution in [-0.2, 0) is 0 Å². The van der Waals surface area contributed by atoms with Crippen LogP contribution >= 0.6 is 0 Å². The van der Waals surface area contributed by atoms with Gasteiger partial charge in [-0.2, -0.15) is 0 Å². The topological polar surface area (TPSA) is 22.0 Å². The first-order valence-electron chi connectivity index (χ1n) is 5.51. The molecule has 0 aliphatic carbocycles. The van der Waals surface area contributed by atoms with Crippen LogP contribution in [0.1, 0.15) is 10.5 Å². The molecule has 0 amide bonds. The quantitative estimate of drug-likeness (QED) is 0.607. The molecular formula is C15H11NO. The van der Waals surface area contributed by atoms with E-state index in [4.69, 9.17) is 0 Å². The maximum atomic E-state index is 11.0. The molecule has 1 heterocycles. The van der Waals surface area contributed by atoms with Crippen molar-refractivity contribution >= 4 is 17.1 Å². The lowest BCUT2D eigenvalue weighted by Gasteiger charge is -2.09. The van der Waals surface area contributed by atoms with E-state index in [-0.39, 0.29) is 0 Å². The highest BCUT2D eigenvalue weighted by atomic mass is 16.1. The van der Waals surface area contributed by atoms with Gasteiger partial charge in [-0.05, 0) is 23.6 Å². The minimum absolute atomic E-state index is 0.668. The van der Waals surface area contributed by atoms with E-state index in [1.165, 1.54) is 5.39 Å². The predicted octanol–water partition coefficient (Wildman–Crippen LogP) is 3.44. The van der Waals surface area contributed by atoms with Crippen LogP contribution in [0.5, 0.6) is 0 Å². The van der Waals surface area contributed by atoms with E-state index in [1.807, 2.05) is 47.2 Å². The second-order valence-corrected chi connectivity index (χ2v) is 3.92. The maximum absolute atomic E-state index is 11.0. The van der Waals surface area contributed by atoms with Gasteiger partial charge in [0.2, 0.25) is 0 Å². The van der Waals surface area contributed by atoms with Crippen molar-refractivity contribution in [2.75, 3.05) is 0 Å². The summed E-state index contributed by atoms with van der Waals surface area (Å²) in [5.41, 5.74) is 1.71. The van der Waals surface area contributed by atoms with Gasteiger partial charge >= 0.3 is 0 Å². The molecule has 0 bridgehead atoms. The lowest BCUT2D eigenvalue weighted by Crippen LogP contribution is -1.98. The van der Waals surface area contributed by atoms with Gasteiger partial charge in [-0.1, -0.05) is 36.4 Å². The number of fused-ring (bicyclic) bond motifs is 1. The first-order valence-corrected chi connectivity index (χ1v) is 5.51. The first-order chi connectivity index (χ1) is 8.40. The summed E-state index contributed by atoms with van der Waals surface area (Å²) in [6.07, 6.45) is 2.78. The third-order valence-corrected chi connectivity index (χ3v) is 2.93. The molecule has 2 heteroatoms. The lowest BCUT2D eigenvalue weighted by molar-refractivity contribution is 0.111. The lowest BCUT2D eigenvalue weighted by atomic mass is 10.1. The smallest absolute Gasteiger partial charge is 0.166 e. The summed E-state index contributed by atoms with van der Waals surface area (Å²) < 4.78 is 1.91. The monoisotopic (exact) mass is 221 g/mol. The SMILES string of the molecule is O=Cc1cccn1-c1cccc2ccccc12. The van der Waals surface area contributed by atoms with Gasteiger partial charge in [0.1, 0.15) is 0 Å². The second-order valence-electron chi connectivity index (χ2n) is 3.92. The van der Waals surface area contributed by atoms with Crippen molar-refractivity contribution in [1.82, 2.24) is 4.57 Å². The fraction of sp³-hybridized carbons (Fsp3) is 0. The molecule has 0 unspecified atom stereocenters. The summed E-state index contributed by atoms with van der Waals surface area (Å²) in [6.45, 7) is 0. The molecule has 17 heavy (non-hydrogen) atoms. The molecule has 0 spiro atoms. The number of hydrogen-bond acceptors (Lipinski definition) is 1. The zero-order chi connectivity index (χ0) is 11.7. The van der Waals surface area contributed by atoms with Crippen molar-refractivity contribution in [3.8, 4) is 5.69 Å². The Morgan fingerprint density at radius 2 is 1.71 bits per heavy atom. The van der Waals surface area contributed by atoms with Gasteiger partial charge in [-0.25, -0.2) is 0 Å². The molecule has 0 radical (unpaired) electrons. The van der Waals surface area contributed by atoms with Crippen LogP contribution < -0.4 is 0 Å². The summed E-state index contributed by atoms with van der Waals surface area (Å²) in [7, 11) is 0. The molecule has 0 aliphatic heterocycles. The van der Waals surface area contributed by atoms with Gasteiger partial charge < -0.3 is 4.57 Å². The fourth-order valence-corrected chi connectivity index (χ4v) is 2.13. The van der Waals surface area contributed by atoms with E-state index in [1.54, 1.807) is 0 Å². The highest BCUT2D eigenvalue weighted by Crippen LogP contribution is 2.23. The molecule has 1 aromatic heterocycles. The number of aromatic nitrogens is 1. The van der Waals surface area contributed by atoms with Crippen molar-refractivity contribution in [3.63, 3.8) is 0 Å². The third-order valence-electron chi connectivity index (χ3n) is 2.93. The number of rotatable bonds is 2. The molecular weight excluding hydrogens is 210 g/mol. The number of benzene rings is 2. The van der Waals surface area contributed by atoms with E-state index < -0.39 is 0 Å². The van der Waals surface area contributed by atoms with Gasteiger partial charge in [0.05, 0.1) is 11.4 Å². The van der Waals surface area contributed by atoms with Crippen LogP contribution in [0.3, 0.4) is 0 Å². The van der Waals surface area contributed by atoms with E-state index >= 15 is 0 Å². The van der Waals surface area contributed by atoms with Crippen molar-refractivity contribution in [1.29, 1.82) is 0 Å². The molecule has 3 rings (SSSR count). The standard InChI is InChI=1S/C15H11NO/c17-11-13-7-4-10-16(13)15-9-3-6-12-5-1-2-8-14(12)15/h1-11H. The van der Waals surface area contributed by atoms with Crippen molar-refractivity contribution in [3.05, 3.63) is 66.5 Å². The largest absolute Gasteiger partial charge is 0.314 e. The van der Waals surface area contributed by atoms with Crippen LogP contribution in [-0.4, -0.2) is 10.9 Å². The van der Waals surface area contributed by atoms with Crippen molar-refractivity contribution in [2.24, 2.45) is 0 Å². The molecule has 0 saturated heterocycles. The Morgan fingerprint density at radius 3 is 2.59 bits per heavy atom. The van der Waals surface area contributed by atoms with Gasteiger partial charge in [-0.15, -0.1) is 0 Å². The van der Waals surface area contributed by atoms with Crippen LogP contribution in [0.25, 0.3) is 16.5 Å². The maximum Gasteiger partial charge on any atom is 0.166 e. The van der Waals surface area contributed by atoms with E-state index in [2.05, 4.69) is 18.2 Å². The molecule has 0 saturated carbocycles. The zero-order valence-corrected chi connectivity index (χ0v) is 9.21.